The van der Waals surface area contributed by atoms with Gasteiger partial charge in [0.25, 0.3) is 5.91 Å². The van der Waals surface area contributed by atoms with E-state index in [4.69, 9.17) is 11.6 Å². The van der Waals surface area contributed by atoms with E-state index in [2.05, 4.69) is 15.9 Å². The van der Waals surface area contributed by atoms with Gasteiger partial charge in [-0.25, -0.2) is 0 Å². The number of carbonyl (C=O) groups is 1. The second-order valence-electron chi connectivity index (χ2n) is 5.08. The Balaban J connectivity index is 2.01. The first-order valence-electron chi connectivity index (χ1n) is 6.13. The van der Waals surface area contributed by atoms with Gasteiger partial charge in [0.15, 0.2) is 0 Å². The van der Waals surface area contributed by atoms with Crippen LogP contribution in [0.2, 0.25) is 5.02 Å². The van der Waals surface area contributed by atoms with E-state index in [1.165, 1.54) is 0 Å². The van der Waals surface area contributed by atoms with Crippen molar-refractivity contribution in [2.45, 2.75) is 24.6 Å². The maximum Gasteiger partial charge on any atom is 0.253 e. The zero-order chi connectivity index (χ0) is 13.3. The molecule has 0 unspecified atom stereocenters. The zero-order valence-electron chi connectivity index (χ0n) is 10.6. The number of aryl methyl sites for hydroxylation is 1. The Morgan fingerprint density at radius 1 is 1.50 bits per heavy atom. The van der Waals surface area contributed by atoms with Crippen LogP contribution in [0.3, 0.4) is 0 Å². The average molecular weight is 331 g/mol. The molecule has 0 atom stereocenters. The van der Waals surface area contributed by atoms with Crippen LogP contribution in [0.1, 0.15) is 28.8 Å². The van der Waals surface area contributed by atoms with Gasteiger partial charge in [-0.2, -0.15) is 0 Å². The Morgan fingerprint density at radius 2 is 2.17 bits per heavy atom. The van der Waals surface area contributed by atoms with Gasteiger partial charge < -0.3 is 4.90 Å². The van der Waals surface area contributed by atoms with Gasteiger partial charge in [0.2, 0.25) is 0 Å². The van der Waals surface area contributed by atoms with E-state index in [-0.39, 0.29) is 5.91 Å². The van der Waals surface area contributed by atoms with Crippen molar-refractivity contribution in [1.82, 2.24) is 4.90 Å². The molecule has 1 fully saturated rings. The van der Waals surface area contributed by atoms with E-state index in [0.717, 1.165) is 30.5 Å². The molecular formula is C14H17BrClNO. The third-order valence-electron chi connectivity index (χ3n) is 3.48. The maximum atomic E-state index is 12.3. The van der Waals surface area contributed by atoms with Crippen molar-refractivity contribution >= 4 is 33.4 Å². The van der Waals surface area contributed by atoms with Crippen LogP contribution < -0.4 is 0 Å². The molecule has 1 amide bonds. The molecule has 2 nitrogen and oxygen atoms in total. The molecule has 2 rings (SSSR count). The highest BCUT2D eigenvalue weighted by Gasteiger charge is 2.29. The van der Waals surface area contributed by atoms with Crippen molar-refractivity contribution in [3.8, 4) is 0 Å². The summed E-state index contributed by atoms with van der Waals surface area (Å²) in [7, 11) is 1.87. The number of benzene rings is 1. The summed E-state index contributed by atoms with van der Waals surface area (Å²) in [4.78, 5) is 14.8. The molecule has 1 aliphatic carbocycles. The molecule has 18 heavy (non-hydrogen) atoms. The smallest absolute Gasteiger partial charge is 0.253 e. The van der Waals surface area contributed by atoms with Crippen LogP contribution in [0.4, 0.5) is 0 Å². The minimum absolute atomic E-state index is 0.0854. The highest BCUT2D eigenvalue weighted by Crippen LogP contribution is 2.33. The lowest BCUT2D eigenvalue weighted by atomic mass is 9.85. The number of hydrogen-bond donors (Lipinski definition) is 0. The number of amides is 1. The normalized spacial score (nSPS) is 22.4. The van der Waals surface area contributed by atoms with Gasteiger partial charge in [-0.05, 0) is 49.4 Å². The molecule has 0 heterocycles. The molecule has 4 heteroatoms. The lowest BCUT2D eigenvalue weighted by molar-refractivity contribution is 0.0748. The summed E-state index contributed by atoms with van der Waals surface area (Å²) >= 11 is 9.48. The van der Waals surface area contributed by atoms with Crippen molar-refractivity contribution in [2.24, 2.45) is 5.92 Å². The molecule has 0 N–H and O–H groups in total. The third-order valence-corrected chi connectivity index (χ3v) is 4.46. The SMILES string of the molecule is Cc1cc(Cl)ccc1C(=O)N(C)CC1CC(Br)C1. The summed E-state index contributed by atoms with van der Waals surface area (Å²) in [5, 5.41) is 0.674. The van der Waals surface area contributed by atoms with E-state index in [0.29, 0.717) is 15.8 Å². The Bertz CT molecular complexity index is 457. The Labute approximate surface area is 121 Å². The monoisotopic (exact) mass is 329 g/mol. The van der Waals surface area contributed by atoms with Gasteiger partial charge in [-0.15, -0.1) is 0 Å². The van der Waals surface area contributed by atoms with Crippen LogP contribution in [0.25, 0.3) is 0 Å². The van der Waals surface area contributed by atoms with Gasteiger partial charge in [0, 0.05) is 29.0 Å². The lowest BCUT2D eigenvalue weighted by Gasteiger charge is -2.34. The first-order chi connectivity index (χ1) is 8.47. The molecule has 0 saturated heterocycles. The third kappa shape index (κ3) is 3.07. The second kappa shape index (κ2) is 5.62. The molecule has 0 aromatic heterocycles. The van der Waals surface area contributed by atoms with Crippen molar-refractivity contribution in [3.05, 3.63) is 34.3 Å². The topological polar surface area (TPSA) is 20.3 Å². The second-order valence-corrected chi connectivity index (χ2v) is 6.81. The molecule has 0 bridgehead atoms. The molecule has 1 aliphatic rings. The summed E-state index contributed by atoms with van der Waals surface area (Å²) in [5.41, 5.74) is 1.68. The van der Waals surface area contributed by atoms with Gasteiger partial charge >= 0.3 is 0 Å². The quantitative estimate of drug-likeness (QED) is 0.770. The van der Waals surface area contributed by atoms with Gasteiger partial charge in [0.1, 0.15) is 0 Å². The largest absolute Gasteiger partial charge is 0.341 e. The summed E-state index contributed by atoms with van der Waals surface area (Å²) in [6.07, 6.45) is 2.33. The number of hydrogen-bond acceptors (Lipinski definition) is 1. The number of alkyl halides is 1. The lowest BCUT2D eigenvalue weighted by Crippen LogP contribution is -2.38. The van der Waals surface area contributed by atoms with Crippen LogP contribution in [-0.4, -0.2) is 29.2 Å². The highest BCUT2D eigenvalue weighted by molar-refractivity contribution is 9.09. The Hall–Kier alpha value is -0.540. The Morgan fingerprint density at radius 3 is 2.72 bits per heavy atom. The molecule has 1 aromatic carbocycles. The van der Waals surface area contributed by atoms with Gasteiger partial charge in [-0.3, -0.25) is 4.79 Å². The van der Waals surface area contributed by atoms with E-state index in [1.54, 1.807) is 6.07 Å². The zero-order valence-corrected chi connectivity index (χ0v) is 13.0. The van der Waals surface area contributed by atoms with Crippen LogP contribution in [0.5, 0.6) is 0 Å². The predicted molar refractivity (Wildman–Crippen MR) is 78.6 cm³/mol. The molecule has 0 radical (unpaired) electrons. The van der Waals surface area contributed by atoms with Crippen LogP contribution in [-0.2, 0) is 0 Å². The minimum Gasteiger partial charge on any atom is -0.341 e. The van der Waals surface area contributed by atoms with Crippen molar-refractivity contribution < 1.29 is 4.79 Å². The fraction of sp³-hybridized carbons (Fsp3) is 0.500. The number of nitrogens with zero attached hydrogens (tertiary/aromatic N) is 1. The molecular weight excluding hydrogens is 314 g/mol. The highest BCUT2D eigenvalue weighted by atomic mass is 79.9. The maximum absolute atomic E-state index is 12.3. The van der Waals surface area contributed by atoms with Gasteiger partial charge in [-0.1, -0.05) is 27.5 Å². The molecule has 98 valence electrons. The average Bonchev–Trinajstić information content (AvgIpc) is 2.26. The van der Waals surface area contributed by atoms with Crippen molar-refractivity contribution in [3.63, 3.8) is 0 Å². The Kier molecular flexibility index (Phi) is 4.33. The van der Waals surface area contributed by atoms with E-state index < -0.39 is 0 Å². The fourth-order valence-electron chi connectivity index (χ4n) is 2.35. The molecule has 1 aromatic rings. The number of carbonyl (C=O) groups excluding carboxylic acids is 1. The predicted octanol–water partition coefficient (Wildman–Crippen LogP) is 3.89. The van der Waals surface area contributed by atoms with Gasteiger partial charge in [0.05, 0.1) is 0 Å². The van der Waals surface area contributed by atoms with Crippen molar-refractivity contribution in [2.75, 3.05) is 13.6 Å². The molecule has 1 saturated carbocycles. The first-order valence-corrected chi connectivity index (χ1v) is 7.42. The minimum atomic E-state index is 0.0854. The van der Waals surface area contributed by atoms with Crippen LogP contribution >= 0.6 is 27.5 Å². The van der Waals surface area contributed by atoms with Crippen molar-refractivity contribution in [1.29, 1.82) is 0 Å². The number of rotatable bonds is 3. The summed E-state index contributed by atoms with van der Waals surface area (Å²) in [6.45, 7) is 2.76. The van der Waals surface area contributed by atoms with Crippen LogP contribution in [0.15, 0.2) is 18.2 Å². The standard InChI is InChI=1S/C14H17BrClNO/c1-9-5-12(16)3-4-13(9)14(18)17(2)8-10-6-11(15)7-10/h3-5,10-11H,6-8H2,1-2H3. The number of halogens is 2. The van der Waals surface area contributed by atoms with E-state index >= 15 is 0 Å². The fourth-order valence-corrected chi connectivity index (χ4v) is 3.63. The molecule has 0 spiro atoms. The first kappa shape index (κ1) is 13.9. The van der Waals surface area contributed by atoms with E-state index in [1.807, 2.05) is 31.0 Å². The molecule has 0 aliphatic heterocycles. The summed E-state index contributed by atoms with van der Waals surface area (Å²) < 4.78 is 0. The summed E-state index contributed by atoms with van der Waals surface area (Å²) in [6, 6.07) is 5.42. The van der Waals surface area contributed by atoms with E-state index in [9.17, 15) is 4.79 Å². The van der Waals surface area contributed by atoms with Crippen LogP contribution in [0, 0.1) is 12.8 Å². The summed E-state index contributed by atoms with van der Waals surface area (Å²) in [5.74, 6) is 0.720.